The third kappa shape index (κ3) is 4.64. The molecule has 6 heterocycles. The van der Waals surface area contributed by atoms with Gasteiger partial charge in [-0.3, -0.25) is 9.48 Å². The number of rotatable bonds is 5. The van der Waals surface area contributed by atoms with Crippen LogP contribution in [0.15, 0.2) is 61.3 Å². The van der Waals surface area contributed by atoms with Crippen LogP contribution in [0.25, 0.3) is 28.0 Å². The van der Waals surface area contributed by atoms with Gasteiger partial charge in [-0.25, -0.2) is 23.3 Å². The molecule has 2 unspecified atom stereocenters. The molecule has 1 aromatic carbocycles. The Balaban J connectivity index is 1.19. The first kappa shape index (κ1) is 27.6. The lowest BCUT2D eigenvalue weighted by Gasteiger charge is -2.50. The van der Waals surface area contributed by atoms with Gasteiger partial charge in [-0.2, -0.15) is 15.5 Å². The van der Waals surface area contributed by atoms with Crippen LogP contribution < -0.4 is 4.90 Å². The van der Waals surface area contributed by atoms with Crippen LogP contribution in [0, 0.1) is 23.0 Å². The van der Waals surface area contributed by atoms with Gasteiger partial charge in [-0.1, -0.05) is 6.07 Å². The summed E-state index contributed by atoms with van der Waals surface area (Å²) >= 11 is 0. The van der Waals surface area contributed by atoms with Gasteiger partial charge in [-0.15, -0.1) is 0 Å². The van der Waals surface area contributed by atoms with Gasteiger partial charge in [0.2, 0.25) is 0 Å². The third-order valence-electron chi connectivity index (χ3n) is 8.07. The molecular weight excluding hydrogens is 568 g/mol. The summed E-state index contributed by atoms with van der Waals surface area (Å²) in [5, 5.41) is 18.6. The molecule has 44 heavy (non-hydrogen) atoms. The molecule has 2 fully saturated rings. The molecule has 0 N–H and O–H groups in total. The van der Waals surface area contributed by atoms with Crippen LogP contribution in [0.2, 0.25) is 0 Å². The van der Waals surface area contributed by atoms with Crippen molar-refractivity contribution in [3.63, 3.8) is 0 Å². The fraction of sp³-hybridized carbons (Fsp3) is 0.290. The Bertz CT molecular complexity index is 1890. The van der Waals surface area contributed by atoms with E-state index < -0.39 is 35.2 Å². The Morgan fingerprint density at radius 2 is 1.75 bits per heavy atom. The van der Waals surface area contributed by atoms with Gasteiger partial charge in [0, 0.05) is 42.7 Å². The zero-order valence-electron chi connectivity index (χ0n) is 23.9. The maximum atomic E-state index is 14.5. The van der Waals surface area contributed by atoms with E-state index in [1.165, 1.54) is 12.3 Å². The van der Waals surface area contributed by atoms with Crippen molar-refractivity contribution in [3.8, 4) is 28.6 Å². The van der Waals surface area contributed by atoms with Gasteiger partial charge in [0.05, 0.1) is 55.3 Å². The fourth-order valence-electron chi connectivity index (χ4n) is 5.92. The number of benzene rings is 1. The summed E-state index contributed by atoms with van der Waals surface area (Å²) in [4.78, 5) is 26.6. The second-order valence-electron chi connectivity index (χ2n) is 11.2. The second-order valence-corrected chi connectivity index (χ2v) is 11.2. The van der Waals surface area contributed by atoms with Gasteiger partial charge in [-0.05, 0) is 38.1 Å². The number of carbonyl (C=O) groups is 1. The number of pyridine rings is 1. The van der Waals surface area contributed by atoms with Crippen molar-refractivity contribution in [2.75, 3.05) is 31.2 Å². The number of aromatic nitrogens is 6. The van der Waals surface area contributed by atoms with Crippen LogP contribution >= 0.6 is 0 Å². The van der Waals surface area contributed by atoms with Crippen LogP contribution in [-0.2, 0) is 4.74 Å². The highest BCUT2D eigenvalue weighted by atomic mass is 19.1. The lowest BCUT2D eigenvalue weighted by Crippen LogP contribution is -2.66. The minimum Gasteiger partial charge on any atom is -0.377 e. The summed E-state index contributed by atoms with van der Waals surface area (Å²) in [7, 11) is 0. The topological polar surface area (TPSA) is 117 Å². The molecule has 2 atom stereocenters. The molecule has 0 spiro atoms. The molecular formula is C31H27F2N9O2. The highest BCUT2D eigenvalue weighted by molar-refractivity contribution is 5.95. The maximum Gasteiger partial charge on any atom is 0.260 e. The number of ether oxygens (including phenoxy) is 1. The summed E-state index contributed by atoms with van der Waals surface area (Å²) < 4.78 is 38.1. The van der Waals surface area contributed by atoms with Crippen molar-refractivity contribution in [1.29, 1.82) is 5.26 Å². The molecule has 0 aliphatic carbocycles. The number of nitrogens with zero attached hydrogens (tertiary/aromatic N) is 9. The van der Waals surface area contributed by atoms with E-state index in [2.05, 4.69) is 16.3 Å². The van der Waals surface area contributed by atoms with E-state index >= 15 is 0 Å². The maximum absolute atomic E-state index is 14.5. The van der Waals surface area contributed by atoms with E-state index in [-0.39, 0.29) is 19.3 Å². The fourth-order valence-corrected chi connectivity index (χ4v) is 5.92. The van der Waals surface area contributed by atoms with Crippen molar-refractivity contribution < 1.29 is 18.3 Å². The van der Waals surface area contributed by atoms with E-state index in [0.29, 0.717) is 46.9 Å². The van der Waals surface area contributed by atoms with Crippen molar-refractivity contribution in [3.05, 3.63) is 84.1 Å². The SMILES string of the molecule is CC(C)n1cc(-c2cn3ncc(C#N)c3c(-c3ccc(N4CC5COCC(C4)N5C(=O)c4c(F)cccc4F)nc3)n2)cn1. The first-order valence-corrected chi connectivity index (χ1v) is 14.2. The van der Waals surface area contributed by atoms with Crippen LogP contribution in [0.1, 0.15) is 35.8 Å². The predicted molar refractivity (Wildman–Crippen MR) is 156 cm³/mol. The second kappa shape index (κ2) is 10.8. The van der Waals surface area contributed by atoms with E-state index in [0.717, 1.165) is 17.7 Å². The van der Waals surface area contributed by atoms with Crippen molar-refractivity contribution in [2.24, 2.45) is 0 Å². The molecule has 222 valence electrons. The molecule has 0 radical (unpaired) electrons. The van der Waals surface area contributed by atoms with Crippen LogP contribution in [0.5, 0.6) is 0 Å². The summed E-state index contributed by atoms with van der Waals surface area (Å²) in [5.41, 5.74) is 3.13. The molecule has 2 bridgehead atoms. The zero-order chi connectivity index (χ0) is 30.5. The molecule has 2 saturated heterocycles. The minimum absolute atomic E-state index is 0.186. The highest BCUT2D eigenvalue weighted by Gasteiger charge is 2.42. The lowest BCUT2D eigenvalue weighted by atomic mass is 10.0. The minimum atomic E-state index is -0.882. The third-order valence-corrected chi connectivity index (χ3v) is 8.07. The molecule has 11 nitrogen and oxygen atoms in total. The summed E-state index contributed by atoms with van der Waals surface area (Å²) in [6.07, 6.45) is 8.66. The van der Waals surface area contributed by atoms with Crippen LogP contribution in [0.3, 0.4) is 0 Å². The standard InChI is InChI=1S/C31H27F2N9O2/c1-18(2)40-12-21(11-36-40)26-15-41-30(20(8-34)10-37-41)29(38-26)19-6-7-27(35-9-19)39-13-22-16-44-17-23(14-39)42(22)31(43)28-24(32)4-3-5-25(28)33/h3-7,9-12,15,18,22-23H,13-14,16-17H2,1-2H3. The first-order chi connectivity index (χ1) is 21.3. The smallest absolute Gasteiger partial charge is 0.260 e. The number of piperazine rings is 1. The molecule has 2 aliphatic heterocycles. The van der Waals surface area contributed by atoms with E-state index in [4.69, 9.17) is 14.7 Å². The number of amides is 1. The normalized spacial score (nSPS) is 18.2. The van der Waals surface area contributed by atoms with Crippen molar-refractivity contribution in [1.82, 2.24) is 34.3 Å². The van der Waals surface area contributed by atoms with Gasteiger partial charge in [0.15, 0.2) is 0 Å². The van der Waals surface area contributed by atoms with E-state index in [1.807, 2.05) is 41.8 Å². The molecule has 5 aromatic rings. The number of morpholine rings is 1. The molecule has 13 heteroatoms. The highest BCUT2D eigenvalue weighted by Crippen LogP contribution is 2.32. The summed E-state index contributed by atoms with van der Waals surface area (Å²) in [6, 6.07) is 8.73. The van der Waals surface area contributed by atoms with Crippen LogP contribution in [-0.4, -0.2) is 78.6 Å². The van der Waals surface area contributed by atoms with Crippen molar-refractivity contribution in [2.45, 2.75) is 32.0 Å². The monoisotopic (exact) mass is 595 g/mol. The lowest BCUT2D eigenvalue weighted by molar-refractivity contribution is -0.0433. The Kier molecular flexibility index (Phi) is 6.78. The van der Waals surface area contributed by atoms with Crippen molar-refractivity contribution >= 4 is 17.2 Å². The number of halogens is 2. The first-order valence-electron chi connectivity index (χ1n) is 14.2. The predicted octanol–water partition coefficient (Wildman–Crippen LogP) is 4.12. The quantitative estimate of drug-likeness (QED) is 0.298. The average molecular weight is 596 g/mol. The Morgan fingerprint density at radius 3 is 2.39 bits per heavy atom. The number of fused-ring (bicyclic) bond motifs is 3. The molecule has 2 aliphatic rings. The molecule has 4 aromatic heterocycles. The summed E-state index contributed by atoms with van der Waals surface area (Å²) in [6.45, 7) is 5.33. The molecule has 0 saturated carbocycles. The number of hydrogen-bond donors (Lipinski definition) is 0. The molecule has 1 amide bonds. The van der Waals surface area contributed by atoms with Gasteiger partial charge in [0.25, 0.3) is 5.91 Å². The largest absolute Gasteiger partial charge is 0.377 e. The van der Waals surface area contributed by atoms with E-state index in [1.54, 1.807) is 28.0 Å². The van der Waals surface area contributed by atoms with Crippen LogP contribution in [0.4, 0.5) is 14.6 Å². The summed E-state index contributed by atoms with van der Waals surface area (Å²) in [5.74, 6) is -1.77. The van der Waals surface area contributed by atoms with Gasteiger partial charge < -0.3 is 14.5 Å². The Labute approximate surface area is 250 Å². The van der Waals surface area contributed by atoms with E-state index in [9.17, 15) is 18.8 Å². The van der Waals surface area contributed by atoms with Gasteiger partial charge in [0.1, 0.15) is 40.2 Å². The zero-order valence-corrected chi connectivity index (χ0v) is 23.9. The van der Waals surface area contributed by atoms with Gasteiger partial charge >= 0.3 is 0 Å². The Morgan fingerprint density at radius 1 is 1.00 bits per heavy atom. The Hall–Kier alpha value is -5.22. The number of anilines is 1. The average Bonchev–Trinajstić information content (AvgIpc) is 3.68. The molecule has 7 rings (SSSR count). The number of hydrogen-bond acceptors (Lipinski definition) is 8. The number of nitriles is 1. The number of carbonyl (C=O) groups excluding carboxylic acids is 1.